The molecule has 4 heteroatoms. The van der Waals surface area contributed by atoms with Gasteiger partial charge >= 0.3 is 5.97 Å². The molecule has 37 heavy (non-hydrogen) atoms. The first-order valence-electron chi connectivity index (χ1n) is 12.5. The molecule has 0 heterocycles. The molecule has 4 nitrogen and oxygen atoms in total. The lowest BCUT2D eigenvalue weighted by Gasteiger charge is -2.34. The van der Waals surface area contributed by atoms with Crippen molar-refractivity contribution in [3.05, 3.63) is 150 Å². The van der Waals surface area contributed by atoms with Gasteiger partial charge in [0.15, 0.2) is 5.60 Å². The molecule has 0 radical (unpaired) electrons. The third-order valence-electron chi connectivity index (χ3n) is 6.17. The van der Waals surface area contributed by atoms with Crippen molar-refractivity contribution in [2.45, 2.75) is 25.3 Å². The van der Waals surface area contributed by atoms with Gasteiger partial charge in [0.25, 0.3) is 0 Å². The van der Waals surface area contributed by atoms with Crippen molar-refractivity contribution in [3.63, 3.8) is 0 Å². The molecular formula is C33H33NO3. The zero-order chi connectivity index (χ0) is 25.8. The zero-order valence-electron chi connectivity index (χ0n) is 21.2. The maximum atomic E-state index is 13.5. The number of esters is 1. The van der Waals surface area contributed by atoms with Crippen LogP contribution in [0.25, 0.3) is 6.08 Å². The highest BCUT2D eigenvalue weighted by Gasteiger charge is 2.40. The minimum atomic E-state index is -1.32. The van der Waals surface area contributed by atoms with Crippen LogP contribution in [0.15, 0.2) is 127 Å². The van der Waals surface area contributed by atoms with Gasteiger partial charge in [0, 0.05) is 19.6 Å². The summed E-state index contributed by atoms with van der Waals surface area (Å²) in [6.07, 6.45) is 3.78. The fraction of sp³-hybridized carbons (Fsp3) is 0.182. The predicted octanol–water partition coefficient (Wildman–Crippen LogP) is 6.53. The van der Waals surface area contributed by atoms with Crippen molar-refractivity contribution < 1.29 is 14.3 Å². The van der Waals surface area contributed by atoms with Crippen LogP contribution in [-0.2, 0) is 34.0 Å². The molecule has 4 rings (SSSR count). The Hall–Kier alpha value is -3.99. The number of rotatable bonds is 12. The summed E-state index contributed by atoms with van der Waals surface area (Å²) in [5, 5.41) is 0. The predicted molar refractivity (Wildman–Crippen MR) is 148 cm³/mol. The van der Waals surface area contributed by atoms with Crippen molar-refractivity contribution in [2.24, 2.45) is 0 Å². The summed E-state index contributed by atoms with van der Waals surface area (Å²) in [7, 11) is 1.41. The van der Waals surface area contributed by atoms with E-state index in [1.165, 1.54) is 7.11 Å². The highest BCUT2D eigenvalue weighted by molar-refractivity contribution is 5.84. The van der Waals surface area contributed by atoms with E-state index in [2.05, 4.69) is 29.2 Å². The van der Waals surface area contributed by atoms with Gasteiger partial charge < -0.3 is 9.47 Å². The van der Waals surface area contributed by atoms with Crippen molar-refractivity contribution in [2.75, 3.05) is 13.7 Å². The Kier molecular flexibility index (Phi) is 9.41. The Bertz CT molecular complexity index is 1200. The Morgan fingerprint density at radius 3 is 1.65 bits per heavy atom. The SMILES string of the molecule is COC(=O)[C@](/C=C/c1ccccc1)(CN(Cc1ccccc1)Cc1ccccc1)OCc1ccccc1. The minimum Gasteiger partial charge on any atom is -0.467 e. The smallest absolute Gasteiger partial charge is 0.343 e. The highest BCUT2D eigenvalue weighted by atomic mass is 16.6. The van der Waals surface area contributed by atoms with Gasteiger partial charge in [-0.3, -0.25) is 4.90 Å². The molecule has 0 aliphatic carbocycles. The summed E-state index contributed by atoms with van der Waals surface area (Å²) >= 11 is 0. The van der Waals surface area contributed by atoms with Gasteiger partial charge in [-0.2, -0.15) is 0 Å². The van der Waals surface area contributed by atoms with E-state index >= 15 is 0 Å². The lowest BCUT2D eigenvalue weighted by molar-refractivity contribution is -0.167. The van der Waals surface area contributed by atoms with Gasteiger partial charge in [-0.25, -0.2) is 4.79 Å². The van der Waals surface area contributed by atoms with Crippen LogP contribution in [0.4, 0.5) is 0 Å². The van der Waals surface area contributed by atoms with Crippen molar-refractivity contribution in [1.82, 2.24) is 4.90 Å². The maximum absolute atomic E-state index is 13.5. The van der Waals surface area contributed by atoms with Crippen molar-refractivity contribution in [1.29, 1.82) is 0 Å². The Labute approximate surface area is 219 Å². The van der Waals surface area contributed by atoms with E-state index in [0.717, 1.165) is 22.3 Å². The number of carbonyl (C=O) groups is 1. The van der Waals surface area contributed by atoms with Gasteiger partial charge in [0.2, 0.25) is 0 Å². The van der Waals surface area contributed by atoms with Crippen LogP contribution in [0.5, 0.6) is 0 Å². The van der Waals surface area contributed by atoms with Crippen LogP contribution in [0.1, 0.15) is 22.3 Å². The fourth-order valence-electron chi connectivity index (χ4n) is 4.28. The number of benzene rings is 4. The second-order valence-electron chi connectivity index (χ2n) is 9.02. The first kappa shape index (κ1) is 26.1. The van der Waals surface area contributed by atoms with Gasteiger partial charge in [-0.05, 0) is 28.3 Å². The minimum absolute atomic E-state index is 0.277. The standard InChI is InChI=1S/C33H33NO3/c1-36-32(35)33(23-22-28-14-6-2-7-15-28,37-26-31-20-12-5-13-21-31)27-34(24-29-16-8-3-9-17-29)25-30-18-10-4-11-19-30/h2-23H,24-27H2,1H3/b23-22+/t33-/m0/s1. The third-order valence-corrected chi connectivity index (χ3v) is 6.17. The van der Waals surface area contributed by atoms with Gasteiger partial charge in [-0.15, -0.1) is 0 Å². The molecule has 0 amide bonds. The summed E-state index contributed by atoms with van der Waals surface area (Å²) in [6, 6.07) is 40.4. The lowest BCUT2D eigenvalue weighted by Crippen LogP contribution is -2.50. The molecule has 0 bridgehead atoms. The van der Waals surface area contributed by atoms with E-state index < -0.39 is 11.6 Å². The molecule has 0 N–H and O–H groups in total. The lowest BCUT2D eigenvalue weighted by atomic mass is 9.99. The monoisotopic (exact) mass is 491 g/mol. The van der Waals surface area contributed by atoms with E-state index in [0.29, 0.717) is 19.6 Å². The van der Waals surface area contributed by atoms with Crippen LogP contribution in [0.2, 0.25) is 0 Å². The van der Waals surface area contributed by atoms with Gasteiger partial charge in [0.05, 0.1) is 13.7 Å². The van der Waals surface area contributed by atoms with Crippen LogP contribution in [-0.4, -0.2) is 30.1 Å². The van der Waals surface area contributed by atoms with E-state index in [1.54, 1.807) is 0 Å². The molecule has 0 aromatic heterocycles. The highest BCUT2D eigenvalue weighted by Crippen LogP contribution is 2.24. The number of hydrogen-bond acceptors (Lipinski definition) is 4. The van der Waals surface area contributed by atoms with Crippen LogP contribution in [0.3, 0.4) is 0 Å². The Morgan fingerprint density at radius 1 is 0.703 bits per heavy atom. The molecule has 0 aliphatic rings. The molecule has 4 aromatic rings. The van der Waals surface area contributed by atoms with E-state index in [1.807, 2.05) is 109 Å². The molecule has 0 spiro atoms. The first-order valence-corrected chi connectivity index (χ1v) is 12.5. The van der Waals surface area contributed by atoms with Crippen molar-refractivity contribution >= 4 is 12.0 Å². The molecule has 1 atom stereocenters. The molecule has 4 aromatic carbocycles. The van der Waals surface area contributed by atoms with Crippen LogP contribution < -0.4 is 0 Å². The molecule has 0 saturated heterocycles. The quantitative estimate of drug-likeness (QED) is 0.211. The van der Waals surface area contributed by atoms with E-state index in [9.17, 15) is 4.79 Å². The fourth-order valence-corrected chi connectivity index (χ4v) is 4.28. The second-order valence-corrected chi connectivity index (χ2v) is 9.02. The topological polar surface area (TPSA) is 38.8 Å². The van der Waals surface area contributed by atoms with Crippen LogP contribution >= 0.6 is 0 Å². The third kappa shape index (κ3) is 7.74. The van der Waals surface area contributed by atoms with E-state index in [-0.39, 0.29) is 6.61 Å². The molecule has 0 saturated carbocycles. The van der Waals surface area contributed by atoms with Gasteiger partial charge in [0.1, 0.15) is 0 Å². The largest absolute Gasteiger partial charge is 0.467 e. The second kappa shape index (κ2) is 13.4. The average molecular weight is 492 g/mol. The van der Waals surface area contributed by atoms with Gasteiger partial charge in [-0.1, -0.05) is 127 Å². The summed E-state index contributed by atoms with van der Waals surface area (Å²) < 4.78 is 11.8. The number of ether oxygens (including phenoxy) is 2. The normalized spacial score (nSPS) is 12.9. The number of methoxy groups -OCH3 is 1. The summed E-state index contributed by atoms with van der Waals surface area (Å²) in [4.78, 5) is 15.7. The Morgan fingerprint density at radius 2 is 1.16 bits per heavy atom. The molecular weight excluding hydrogens is 458 g/mol. The number of nitrogens with zero attached hydrogens (tertiary/aromatic N) is 1. The average Bonchev–Trinajstić information content (AvgIpc) is 2.96. The maximum Gasteiger partial charge on any atom is 0.343 e. The number of carbonyl (C=O) groups excluding carboxylic acids is 1. The van der Waals surface area contributed by atoms with Crippen LogP contribution in [0, 0.1) is 0 Å². The summed E-state index contributed by atoms with van der Waals surface area (Å²) in [6.45, 7) is 1.91. The number of hydrogen-bond donors (Lipinski definition) is 0. The van der Waals surface area contributed by atoms with E-state index in [4.69, 9.17) is 9.47 Å². The summed E-state index contributed by atoms with van der Waals surface area (Å²) in [5.41, 5.74) is 2.97. The first-order chi connectivity index (χ1) is 18.2. The molecule has 0 aliphatic heterocycles. The summed E-state index contributed by atoms with van der Waals surface area (Å²) in [5.74, 6) is -0.429. The zero-order valence-corrected chi connectivity index (χ0v) is 21.2. The van der Waals surface area contributed by atoms with Crippen molar-refractivity contribution in [3.8, 4) is 0 Å². The molecule has 0 unspecified atom stereocenters. The molecule has 188 valence electrons. The molecule has 0 fully saturated rings. The Balaban J connectivity index is 1.70.